The Morgan fingerprint density at radius 2 is 1.66 bits per heavy atom. The Kier molecular flexibility index (Phi) is 9.46. The smallest absolute Gasteiger partial charge is 0.243 e. The molecule has 7 nitrogen and oxygen atoms in total. The summed E-state index contributed by atoms with van der Waals surface area (Å²) in [5, 5.41) is 3.11. The zero-order valence-electron chi connectivity index (χ0n) is 20.9. The number of carbonyl (C=O) groups is 2. The van der Waals surface area contributed by atoms with Crippen LogP contribution >= 0.6 is 0 Å². The van der Waals surface area contributed by atoms with Gasteiger partial charge in [-0.25, -0.2) is 8.42 Å². The normalized spacial score (nSPS) is 15.2. The van der Waals surface area contributed by atoms with Crippen LogP contribution in [0.1, 0.15) is 50.2 Å². The minimum absolute atomic E-state index is 0.139. The summed E-state index contributed by atoms with van der Waals surface area (Å²) in [5.41, 5.74) is 2.01. The highest BCUT2D eigenvalue weighted by Gasteiger charge is 2.32. The van der Waals surface area contributed by atoms with Gasteiger partial charge in [0.15, 0.2) is 0 Å². The molecule has 0 unspecified atom stereocenters. The number of nitrogens with one attached hydrogen (secondary N) is 1. The number of nitrogens with zero attached hydrogens (tertiary/aromatic N) is 2. The molecule has 1 N–H and O–H groups in total. The minimum atomic E-state index is -3.84. The topological polar surface area (TPSA) is 86.8 Å². The Labute approximate surface area is 209 Å². The van der Waals surface area contributed by atoms with Crippen molar-refractivity contribution in [2.75, 3.05) is 20.1 Å². The Morgan fingerprint density at radius 3 is 2.26 bits per heavy atom. The van der Waals surface area contributed by atoms with E-state index in [1.54, 1.807) is 29.2 Å². The van der Waals surface area contributed by atoms with Crippen molar-refractivity contribution in [1.82, 2.24) is 14.5 Å². The molecule has 3 rings (SSSR count). The molecule has 0 radical (unpaired) electrons. The second-order valence-electron chi connectivity index (χ2n) is 9.31. The Bertz CT molecular complexity index is 1080. The van der Waals surface area contributed by atoms with Crippen molar-refractivity contribution in [3.63, 3.8) is 0 Å². The standard InChI is InChI=1S/C27H37N3O4S/c1-4-25(27(32)28-23-12-8-9-13-23)30(19-18-22-10-6-5-7-11-22)26(31)20-29(3)35(33,34)24-16-14-21(2)15-17-24/h5-7,10-11,14-17,23,25H,4,8-9,12-13,18-20H2,1-3H3,(H,28,32)/t25-/m0/s1. The predicted octanol–water partition coefficient (Wildman–Crippen LogP) is 3.52. The molecule has 35 heavy (non-hydrogen) atoms. The summed E-state index contributed by atoms with van der Waals surface area (Å²) < 4.78 is 27.2. The van der Waals surface area contributed by atoms with Crippen molar-refractivity contribution in [2.45, 2.75) is 69.4 Å². The van der Waals surface area contributed by atoms with Crippen LogP contribution in [-0.4, -0.2) is 61.7 Å². The zero-order valence-corrected chi connectivity index (χ0v) is 21.8. The van der Waals surface area contributed by atoms with E-state index in [1.807, 2.05) is 44.2 Å². The molecule has 1 atom stereocenters. The first kappa shape index (κ1) is 26.9. The summed E-state index contributed by atoms with van der Waals surface area (Å²) in [6.45, 7) is 3.76. The molecular formula is C27H37N3O4S. The predicted molar refractivity (Wildman–Crippen MR) is 137 cm³/mol. The van der Waals surface area contributed by atoms with E-state index in [2.05, 4.69) is 5.32 Å². The van der Waals surface area contributed by atoms with E-state index >= 15 is 0 Å². The van der Waals surface area contributed by atoms with Crippen molar-refractivity contribution in [1.29, 1.82) is 0 Å². The number of amides is 2. The summed E-state index contributed by atoms with van der Waals surface area (Å²) >= 11 is 0. The van der Waals surface area contributed by atoms with E-state index < -0.39 is 16.1 Å². The molecule has 0 spiro atoms. The first-order valence-corrected chi connectivity index (χ1v) is 13.8. The van der Waals surface area contributed by atoms with Gasteiger partial charge < -0.3 is 10.2 Å². The molecule has 2 aromatic rings. The zero-order chi connectivity index (χ0) is 25.4. The number of sulfonamides is 1. The maximum atomic E-state index is 13.5. The van der Waals surface area contributed by atoms with Gasteiger partial charge in [-0.05, 0) is 50.3 Å². The van der Waals surface area contributed by atoms with Gasteiger partial charge in [-0.2, -0.15) is 4.31 Å². The lowest BCUT2D eigenvalue weighted by Crippen LogP contribution is -2.54. The van der Waals surface area contributed by atoms with Crippen LogP contribution in [0.5, 0.6) is 0 Å². The molecule has 1 aliphatic carbocycles. The van der Waals surface area contributed by atoms with Crippen LogP contribution in [0, 0.1) is 6.92 Å². The number of hydrogen-bond acceptors (Lipinski definition) is 4. The fourth-order valence-electron chi connectivity index (χ4n) is 4.52. The first-order chi connectivity index (χ1) is 16.7. The molecule has 0 aliphatic heterocycles. The highest BCUT2D eigenvalue weighted by atomic mass is 32.2. The molecular weight excluding hydrogens is 462 g/mol. The second-order valence-corrected chi connectivity index (χ2v) is 11.4. The van der Waals surface area contributed by atoms with Crippen molar-refractivity contribution >= 4 is 21.8 Å². The van der Waals surface area contributed by atoms with Gasteiger partial charge in [0.2, 0.25) is 21.8 Å². The molecule has 2 aromatic carbocycles. The fourth-order valence-corrected chi connectivity index (χ4v) is 5.64. The Morgan fingerprint density at radius 1 is 1.03 bits per heavy atom. The van der Waals surface area contributed by atoms with Crippen molar-refractivity contribution in [2.24, 2.45) is 0 Å². The average Bonchev–Trinajstić information content (AvgIpc) is 3.35. The number of benzene rings is 2. The van der Waals surface area contributed by atoms with Crippen LogP contribution < -0.4 is 5.32 Å². The first-order valence-electron chi connectivity index (χ1n) is 12.4. The van der Waals surface area contributed by atoms with Gasteiger partial charge in [0.05, 0.1) is 11.4 Å². The third kappa shape index (κ3) is 7.15. The molecule has 2 amide bonds. The molecule has 8 heteroatoms. The van der Waals surface area contributed by atoms with Gasteiger partial charge in [-0.15, -0.1) is 0 Å². The largest absolute Gasteiger partial charge is 0.352 e. The summed E-state index contributed by atoms with van der Waals surface area (Å²) in [5.74, 6) is -0.544. The van der Waals surface area contributed by atoms with E-state index in [1.165, 1.54) is 7.05 Å². The minimum Gasteiger partial charge on any atom is -0.352 e. The molecule has 190 valence electrons. The highest BCUT2D eigenvalue weighted by Crippen LogP contribution is 2.19. The van der Waals surface area contributed by atoms with Crippen molar-refractivity contribution in [3.8, 4) is 0 Å². The van der Waals surface area contributed by atoms with E-state index in [-0.39, 0.29) is 29.3 Å². The molecule has 1 saturated carbocycles. The number of carbonyl (C=O) groups excluding carboxylic acids is 2. The van der Waals surface area contributed by atoms with Crippen LogP contribution in [0.4, 0.5) is 0 Å². The third-order valence-corrected chi connectivity index (χ3v) is 8.48. The van der Waals surface area contributed by atoms with Gasteiger partial charge in [0.25, 0.3) is 0 Å². The van der Waals surface area contributed by atoms with Crippen LogP contribution in [0.2, 0.25) is 0 Å². The van der Waals surface area contributed by atoms with Crippen molar-refractivity contribution < 1.29 is 18.0 Å². The Hall–Kier alpha value is -2.71. The van der Waals surface area contributed by atoms with Crippen molar-refractivity contribution in [3.05, 3.63) is 65.7 Å². The van der Waals surface area contributed by atoms with E-state index in [0.717, 1.165) is 41.1 Å². The third-order valence-electron chi connectivity index (χ3n) is 6.66. The van der Waals surface area contributed by atoms with E-state index in [9.17, 15) is 18.0 Å². The lowest BCUT2D eigenvalue weighted by atomic mass is 10.1. The number of likely N-dealkylation sites (N-methyl/N-ethyl adjacent to an activating group) is 1. The lowest BCUT2D eigenvalue weighted by Gasteiger charge is -2.32. The molecule has 1 aliphatic rings. The fraction of sp³-hybridized carbons (Fsp3) is 0.481. The molecule has 0 aromatic heterocycles. The summed E-state index contributed by atoms with van der Waals surface area (Å²) in [7, 11) is -2.43. The molecule has 0 bridgehead atoms. The SMILES string of the molecule is CC[C@@H](C(=O)NC1CCCC1)N(CCc1ccccc1)C(=O)CN(C)S(=O)(=O)c1ccc(C)cc1. The highest BCUT2D eigenvalue weighted by molar-refractivity contribution is 7.89. The summed E-state index contributed by atoms with van der Waals surface area (Å²) in [6, 6.07) is 15.8. The van der Waals surface area contributed by atoms with Crippen LogP contribution in [0.3, 0.4) is 0 Å². The summed E-state index contributed by atoms with van der Waals surface area (Å²) in [6.07, 6.45) is 5.14. The average molecular weight is 500 g/mol. The van der Waals surface area contributed by atoms with Crippen LogP contribution in [-0.2, 0) is 26.0 Å². The van der Waals surface area contributed by atoms with Gasteiger partial charge in [-0.1, -0.05) is 67.8 Å². The molecule has 1 fully saturated rings. The van der Waals surface area contributed by atoms with Gasteiger partial charge >= 0.3 is 0 Å². The van der Waals surface area contributed by atoms with Gasteiger partial charge in [-0.3, -0.25) is 9.59 Å². The van der Waals surface area contributed by atoms with Crippen LogP contribution in [0.15, 0.2) is 59.5 Å². The molecule has 0 saturated heterocycles. The monoisotopic (exact) mass is 499 g/mol. The molecule has 0 heterocycles. The number of aryl methyl sites for hydroxylation is 1. The lowest BCUT2D eigenvalue weighted by molar-refractivity contribution is -0.141. The summed E-state index contributed by atoms with van der Waals surface area (Å²) in [4.78, 5) is 28.4. The second kappa shape index (κ2) is 12.3. The van der Waals surface area contributed by atoms with E-state index in [4.69, 9.17) is 0 Å². The number of hydrogen-bond donors (Lipinski definition) is 1. The number of rotatable bonds is 11. The quantitative estimate of drug-likeness (QED) is 0.513. The van der Waals surface area contributed by atoms with E-state index in [0.29, 0.717) is 19.4 Å². The maximum Gasteiger partial charge on any atom is 0.243 e. The van der Waals surface area contributed by atoms with Crippen LogP contribution in [0.25, 0.3) is 0 Å². The van der Waals surface area contributed by atoms with Gasteiger partial charge in [0.1, 0.15) is 6.04 Å². The van der Waals surface area contributed by atoms with Gasteiger partial charge in [0, 0.05) is 19.6 Å². The Balaban J connectivity index is 1.78. The maximum absolute atomic E-state index is 13.5.